The molecule has 2 nitrogen and oxygen atoms in total. The lowest BCUT2D eigenvalue weighted by atomic mass is 9.88. The maximum absolute atomic E-state index is 4.74. The summed E-state index contributed by atoms with van der Waals surface area (Å²) < 4.78 is 0. The Kier molecular flexibility index (Phi) is 2.29. The van der Waals surface area contributed by atoms with E-state index in [-0.39, 0.29) is 5.41 Å². The topological polar surface area (TPSA) is 15.6 Å². The van der Waals surface area contributed by atoms with Crippen molar-refractivity contribution in [3.8, 4) is 0 Å². The van der Waals surface area contributed by atoms with Gasteiger partial charge < -0.3 is 4.90 Å². The van der Waals surface area contributed by atoms with Crippen molar-refractivity contribution >= 4 is 17.1 Å². The van der Waals surface area contributed by atoms with E-state index in [0.717, 1.165) is 12.2 Å². The van der Waals surface area contributed by atoms with Crippen LogP contribution in [0.25, 0.3) is 0 Å². The highest BCUT2D eigenvalue weighted by molar-refractivity contribution is 5.98. The Morgan fingerprint density at radius 2 is 1.87 bits per heavy atom. The first-order valence-electron chi connectivity index (χ1n) is 5.37. The van der Waals surface area contributed by atoms with Crippen molar-refractivity contribution in [2.45, 2.75) is 20.8 Å². The van der Waals surface area contributed by atoms with Crippen LogP contribution in [0, 0.1) is 5.41 Å². The predicted octanol–water partition coefficient (Wildman–Crippen LogP) is 3.26. The van der Waals surface area contributed by atoms with E-state index >= 15 is 0 Å². The maximum atomic E-state index is 4.74. The highest BCUT2D eigenvalue weighted by Crippen LogP contribution is 2.34. The number of anilines is 1. The smallest absolute Gasteiger partial charge is 0.0863 e. The van der Waals surface area contributed by atoms with Gasteiger partial charge in [0.2, 0.25) is 0 Å². The van der Waals surface area contributed by atoms with Crippen LogP contribution in [0.15, 0.2) is 29.3 Å². The monoisotopic (exact) mass is 202 g/mol. The van der Waals surface area contributed by atoms with Crippen LogP contribution in [0.4, 0.5) is 11.4 Å². The predicted molar refractivity (Wildman–Crippen MR) is 66.3 cm³/mol. The number of benzene rings is 1. The first-order chi connectivity index (χ1) is 6.98. The molecular formula is C13H18N2. The highest BCUT2D eigenvalue weighted by atomic mass is 15.1. The van der Waals surface area contributed by atoms with Crippen LogP contribution in [0.5, 0.6) is 0 Å². The third kappa shape index (κ3) is 1.89. The third-order valence-electron chi connectivity index (χ3n) is 2.80. The summed E-state index contributed by atoms with van der Waals surface area (Å²) in [6.07, 6.45) is 0. The van der Waals surface area contributed by atoms with Crippen LogP contribution in [0.1, 0.15) is 20.8 Å². The molecule has 0 spiro atoms. The summed E-state index contributed by atoms with van der Waals surface area (Å²) in [5.74, 6) is 0. The minimum absolute atomic E-state index is 0.155. The van der Waals surface area contributed by atoms with Crippen LogP contribution in [-0.4, -0.2) is 19.3 Å². The van der Waals surface area contributed by atoms with Gasteiger partial charge in [-0.2, -0.15) is 0 Å². The Labute approximate surface area is 91.6 Å². The summed E-state index contributed by atoms with van der Waals surface area (Å²) in [7, 11) is 2.12. The fourth-order valence-corrected chi connectivity index (χ4v) is 1.78. The first kappa shape index (κ1) is 10.2. The second-order valence-corrected chi connectivity index (χ2v) is 5.15. The molecule has 0 bridgehead atoms. The molecular weight excluding hydrogens is 184 g/mol. The summed E-state index contributed by atoms with van der Waals surface area (Å²) in [4.78, 5) is 7.01. The number of para-hydroxylation sites is 2. The Balaban J connectivity index is 2.48. The van der Waals surface area contributed by atoms with Gasteiger partial charge in [0.1, 0.15) is 0 Å². The molecule has 1 aliphatic heterocycles. The van der Waals surface area contributed by atoms with E-state index in [1.165, 1.54) is 11.4 Å². The summed E-state index contributed by atoms with van der Waals surface area (Å²) in [6.45, 7) is 7.58. The van der Waals surface area contributed by atoms with Crippen LogP contribution in [0.3, 0.4) is 0 Å². The Hall–Kier alpha value is -1.31. The van der Waals surface area contributed by atoms with Crippen molar-refractivity contribution in [1.29, 1.82) is 0 Å². The Bertz CT molecular complexity index is 399. The molecule has 0 amide bonds. The SMILES string of the molecule is CN1CC(C(C)(C)C)=Nc2ccccc21. The summed E-state index contributed by atoms with van der Waals surface area (Å²) in [5, 5.41) is 0. The van der Waals surface area contributed by atoms with Gasteiger partial charge >= 0.3 is 0 Å². The molecule has 15 heavy (non-hydrogen) atoms. The lowest BCUT2D eigenvalue weighted by Gasteiger charge is -2.32. The summed E-state index contributed by atoms with van der Waals surface area (Å²) in [6, 6.07) is 8.31. The van der Waals surface area contributed by atoms with Crippen molar-refractivity contribution in [3.05, 3.63) is 24.3 Å². The zero-order chi connectivity index (χ0) is 11.1. The molecule has 1 aliphatic rings. The summed E-state index contributed by atoms with van der Waals surface area (Å²) >= 11 is 0. The number of aliphatic imine (C=N–C) groups is 1. The van der Waals surface area contributed by atoms with Gasteiger partial charge in [-0.25, -0.2) is 0 Å². The zero-order valence-corrected chi connectivity index (χ0v) is 9.91. The number of fused-ring (bicyclic) bond motifs is 1. The Morgan fingerprint density at radius 3 is 2.53 bits per heavy atom. The van der Waals surface area contributed by atoms with E-state index in [9.17, 15) is 0 Å². The minimum Gasteiger partial charge on any atom is -0.367 e. The number of nitrogens with zero attached hydrogens (tertiary/aromatic N) is 2. The number of hydrogen-bond donors (Lipinski definition) is 0. The standard InChI is InChI=1S/C13H18N2/c1-13(2,3)12-9-15(4)11-8-6-5-7-10(11)14-12/h5-8H,9H2,1-4H3. The van der Waals surface area contributed by atoms with Gasteiger partial charge in [-0.3, -0.25) is 4.99 Å². The molecule has 80 valence electrons. The molecule has 2 heteroatoms. The van der Waals surface area contributed by atoms with Crippen LogP contribution in [-0.2, 0) is 0 Å². The third-order valence-corrected chi connectivity index (χ3v) is 2.80. The van der Waals surface area contributed by atoms with Gasteiger partial charge in [0.05, 0.1) is 17.9 Å². The van der Waals surface area contributed by atoms with Crippen molar-refractivity contribution < 1.29 is 0 Å². The van der Waals surface area contributed by atoms with Gasteiger partial charge in [-0.1, -0.05) is 32.9 Å². The fraction of sp³-hybridized carbons (Fsp3) is 0.462. The molecule has 1 aromatic carbocycles. The maximum Gasteiger partial charge on any atom is 0.0863 e. The van der Waals surface area contributed by atoms with E-state index in [4.69, 9.17) is 4.99 Å². The van der Waals surface area contributed by atoms with Crippen LogP contribution in [0.2, 0.25) is 0 Å². The van der Waals surface area contributed by atoms with Crippen molar-refractivity contribution in [3.63, 3.8) is 0 Å². The summed E-state index contributed by atoms with van der Waals surface area (Å²) in [5.41, 5.74) is 3.73. The number of rotatable bonds is 0. The van der Waals surface area contributed by atoms with E-state index in [2.05, 4.69) is 50.9 Å². The molecule has 1 aromatic rings. The Morgan fingerprint density at radius 1 is 1.20 bits per heavy atom. The van der Waals surface area contributed by atoms with Crippen molar-refractivity contribution in [1.82, 2.24) is 0 Å². The molecule has 0 aliphatic carbocycles. The van der Waals surface area contributed by atoms with Crippen molar-refractivity contribution in [2.24, 2.45) is 10.4 Å². The molecule has 0 aromatic heterocycles. The molecule has 0 unspecified atom stereocenters. The minimum atomic E-state index is 0.155. The van der Waals surface area contributed by atoms with Gasteiger partial charge in [0.25, 0.3) is 0 Å². The second kappa shape index (κ2) is 3.37. The van der Waals surface area contributed by atoms with Crippen LogP contribution >= 0.6 is 0 Å². The van der Waals surface area contributed by atoms with E-state index in [1.807, 2.05) is 6.07 Å². The van der Waals surface area contributed by atoms with Crippen molar-refractivity contribution in [2.75, 3.05) is 18.5 Å². The molecule has 0 saturated carbocycles. The molecule has 0 saturated heterocycles. The average molecular weight is 202 g/mol. The molecule has 0 N–H and O–H groups in total. The van der Waals surface area contributed by atoms with Gasteiger partial charge in [-0.05, 0) is 12.1 Å². The van der Waals surface area contributed by atoms with E-state index in [0.29, 0.717) is 0 Å². The van der Waals surface area contributed by atoms with Gasteiger partial charge in [0.15, 0.2) is 0 Å². The number of hydrogen-bond acceptors (Lipinski definition) is 2. The van der Waals surface area contributed by atoms with E-state index < -0.39 is 0 Å². The lowest BCUT2D eigenvalue weighted by molar-refractivity contribution is 0.580. The lowest BCUT2D eigenvalue weighted by Crippen LogP contribution is -2.35. The second-order valence-electron chi connectivity index (χ2n) is 5.15. The fourth-order valence-electron chi connectivity index (χ4n) is 1.78. The highest BCUT2D eigenvalue weighted by Gasteiger charge is 2.24. The quantitative estimate of drug-likeness (QED) is 0.630. The molecule has 1 heterocycles. The van der Waals surface area contributed by atoms with Crippen LogP contribution < -0.4 is 4.90 Å². The molecule has 0 atom stereocenters. The largest absolute Gasteiger partial charge is 0.367 e. The van der Waals surface area contributed by atoms with Gasteiger partial charge in [0, 0.05) is 18.2 Å². The first-order valence-corrected chi connectivity index (χ1v) is 5.37. The average Bonchev–Trinajstić information content (AvgIpc) is 2.16. The van der Waals surface area contributed by atoms with E-state index in [1.54, 1.807) is 0 Å². The van der Waals surface area contributed by atoms with Gasteiger partial charge in [-0.15, -0.1) is 0 Å². The molecule has 2 rings (SSSR count). The zero-order valence-electron chi connectivity index (χ0n) is 9.91. The normalized spacial score (nSPS) is 16.0. The molecule has 0 radical (unpaired) electrons. The molecule has 0 fully saturated rings.